The van der Waals surface area contributed by atoms with Crippen molar-refractivity contribution in [2.75, 3.05) is 0 Å². The van der Waals surface area contributed by atoms with Crippen LogP contribution in [0.15, 0.2) is 42.5 Å². The normalized spacial score (nSPS) is 20.5. The Bertz CT molecular complexity index is 763. The molecular weight excluding hydrogens is 310 g/mol. The highest BCUT2D eigenvalue weighted by molar-refractivity contribution is 5.84. The lowest BCUT2D eigenvalue weighted by molar-refractivity contribution is -0.123. The lowest BCUT2D eigenvalue weighted by Crippen LogP contribution is -2.43. The van der Waals surface area contributed by atoms with Gasteiger partial charge in [0.25, 0.3) is 0 Å². The molecule has 0 aromatic heterocycles. The highest BCUT2D eigenvalue weighted by atomic mass is 19.1. The quantitative estimate of drug-likeness (QED) is 0.904. The zero-order valence-electron chi connectivity index (χ0n) is 13.4. The Morgan fingerprint density at radius 3 is 2.71 bits per heavy atom. The van der Waals surface area contributed by atoms with Crippen LogP contribution in [-0.2, 0) is 11.2 Å². The van der Waals surface area contributed by atoms with Crippen LogP contribution in [0.4, 0.5) is 8.78 Å². The van der Waals surface area contributed by atoms with Crippen molar-refractivity contribution in [2.24, 2.45) is 5.73 Å². The summed E-state index contributed by atoms with van der Waals surface area (Å²) in [5.41, 5.74) is 8.59. The third kappa shape index (κ3) is 3.04. The number of fused-ring (bicyclic) bond motifs is 1. The number of carbonyl (C=O) groups excluding carboxylic acids is 1. The molecule has 3 atom stereocenters. The molecule has 3 N–H and O–H groups in total. The van der Waals surface area contributed by atoms with Crippen LogP contribution in [0.25, 0.3) is 0 Å². The number of nitrogens with two attached hydrogens (primary N) is 1. The molecule has 2 aromatic carbocycles. The van der Waals surface area contributed by atoms with Gasteiger partial charge in [-0.05, 0) is 30.0 Å². The predicted molar refractivity (Wildman–Crippen MR) is 88.4 cm³/mol. The van der Waals surface area contributed by atoms with E-state index < -0.39 is 17.6 Å². The minimum absolute atomic E-state index is 0.209. The monoisotopic (exact) mass is 330 g/mol. The van der Waals surface area contributed by atoms with E-state index in [2.05, 4.69) is 5.32 Å². The van der Waals surface area contributed by atoms with Crippen molar-refractivity contribution < 1.29 is 13.6 Å². The SMILES string of the molecule is CCC(C(=O)N[C@@H]1Cc2ccccc2[C@H]1N)c1ccc(F)cc1F. The second-order valence-corrected chi connectivity index (χ2v) is 6.17. The topological polar surface area (TPSA) is 55.1 Å². The number of halogens is 2. The molecule has 3 rings (SSSR count). The van der Waals surface area contributed by atoms with Gasteiger partial charge in [-0.25, -0.2) is 8.78 Å². The minimum Gasteiger partial charge on any atom is -0.351 e. The summed E-state index contributed by atoms with van der Waals surface area (Å²) in [5, 5.41) is 2.94. The van der Waals surface area contributed by atoms with E-state index in [1.807, 2.05) is 24.3 Å². The molecule has 3 nitrogen and oxygen atoms in total. The van der Waals surface area contributed by atoms with E-state index in [4.69, 9.17) is 5.73 Å². The fraction of sp³-hybridized carbons (Fsp3) is 0.316. The molecule has 126 valence electrons. The molecule has 0 aliphatic heterocycles. The number of hydrogen-bond donors (Lipinski definition) is 2. The van der Waals surface area contributed by atoms with E-state index in [1.165, 1.54) is 12.1 Å². The number of rotatable bonds is 4. The molecule has 5 heteroatoms. The van der Waals surface area contributed by atoms with Crippen molar-refractivity contribution in [3.8, 4) is 0 Å². The van der Waals surface area contributed by atoms with Crippen LogP contribution in [0.1, 0.15) is 42.0 Å². The van der Waals surface area contributed by atoms with Crippen LogP contribution in [0, 0.1) is 11.6 Å². The average Bonchev–Trinajstić information content (AvgIpc) is 2.87. The van der Waals surface area contributed by atoms with Crippen LogP contribution in [-0.4, -0.2) is 11.9 Å². The first kappa shape index (κ1) is 16.6. The van der Waals surface area contributed by atoms with Gasteiger partial charge in [-0.2, -0.15) is 0 Å². The van der Waals surface area contributed by atoms with Gasteiger partial charge in [0.2, 0.25) is 5.91 Å². The highest BCUT2D eigenvalue weighted by Crippen LogP contribution is 2.30. The molecule has 1 unspecified atom stereocenters. The van der Waals surface area contributed by atoms with Crippen LogP contribution in [0.2, 0.25) is 0 Å². The molecule has 0 bridgehead atoms. The summed E-state index contributed by atoms with van der Waals surface area (Å²) < 4.78 is 27.1. The third-order valence-electron chi connectivity index (χ3n) is 4.68. The number of hydrogen-bond acceptors (Lipinski definition) is 2. The number of nitrogens with one attached hydrogen (secondary N) is 1. The van der Waals surface area contributed by atoms with Crippen LogP contribution in [0.3, 0.4) is 0 Å². The Balaban J connectivity index is 1.76. The van der Waals surface area contributed by atoms with Crippen LogP contribution < -0.4 is 11.1 Å². The molecule has 0 saturated heterocycles. The molecule has 1 aliphatic rings. The Morgan fingerprint density at radius 1 is 1.29 bits per heavy atom. The van der Waals surface area contributed by atoms with Gasteiger partial charge < -0.3 is 11.1 Å². The van der Waals surface area contributed by atoms with Crippen molar-refractivity contribution in [1.82, 2.24) is 5.32 Å². The maximum atomic E-state index is 14.0. The third-order valence-corrected chi connectivity index (χ3v) is 4.68. The zero-order valence-corrected chi connectivity index (χ0v) is 13.4. The highest BCUT2D eigenvalue weighted by Gasteiger charge is 2.32. The summed E-state index contributed by atoms with van der Waals surface area (Å²) in [6.07, 6.45) is 1.08. The zero-order chi connectivity index (χ0) is 17.3. The summed E-state index contributed by atoms with van der Waals surface area (Å²) in [7, 11) is 0. The maximum Gasteiger partial charge on any atom is 0.227 e. The van der Waals surface area contributed by atoms with Crippen molar-refractivity contribution in [2.45, 2.75) is 37.8 Å². The summed E-state index contributed by atoms with van der Waals surface area (Å²) in [4.78, 5) is 12.6. The molecular formula is C19H20F2N2O. The van der Waals surface area contributed by atoms with E-state index in [1.54, 1.807) is 6.92 Å². The molecule has 0 spiro atoms. The maximum absolute atomic E-state index is 14.0. The lowest BCUT2D eigenvalue weighted by Gasteiger charge is -2.22. The molecule has 0 fully saturated rings. The molecule has 1 aliphatic carbocycles. The number of benzene rings is 2. The van der Waals surface area contributed by atoms with Crippen molar-refractivity contribution in [3.63, 3.8) is 0 Å². The van der Waals surface area contributed by atoms with Crippen LogP contribution >= 0.6 is 0 Å². The predicted octanol–water partition coefficient (Wildman–Crippen LogP) is 3.20. The van der Waals surface area contributed by atoms with E-state index in [0.29, 0.717) is 12.8 Å². The van der Waals surface area contributed by atoms with Gasteiger partial charge >= 0.3 is 0 Å². The van der Waals surface area contributed by atoms with Crippen molar-refractivity contribution >= 4 is 5.91 Å². The lowest BCUT2D eigenvalue weighted by atomic mass is 9.94. The van der Waals surface area contributed by atoms with E-state index >= 15 is 0 Å². The Labute approximate surface area is 139 Å². The standard InChI is InChI=1S/C19H20F2N2O/c1-2-13(15-8-7-12(20)10-16(15)21)19(24)23-17-9-11-5-3-4-6-14(11)18(17)22/h3-8,10,13,17-18H,2,9,22H2,1H3,(H,23,24)/t13?,17-,18-/m1/s1. The van der Waals surface area contributed by atoms with Gasteiger partial charge in [-0.15, -0.1) is 0 Å². The van der Waals surface area contributed by atoms with Crippen molar-refractivity contribution in [1.29, 1.82) is 0 Å². The van der Waals surface area contributed by atoms with Gasteiger partial charge in [-0.3, -0.25) is 4.79 Å². The molecule has 2 aromatic rings. The van der Waals surface area contributed by atoms with Crippen LogP contribution in [0.5, 0.6) is 0 Å². The first-order valence-electron chi connectivity index (χ1n) is 8.10. The summed E-state index contributed by atoms with van der Waals surface area (Å²) in [6, 6.07) is 10.6. The van der Waals surface area contributed by atoms with Crippen molar-refractivity contribution in [3.05, 3.63) is 70.8 Å². The van der Waals surface area contributed by atoms with Gasteiger partial charge in [-0.1, -0.05) is 37.3 Å². The first-order valence-corrected chi connectivity index (χ1v) is 8.10. The van der Waals surface area contributed by atoms with E-state index in [-0.39, 0.29) is 23.6 Å². The first-order chi connectivity index (χ1) is 11.5. The van der Waals surface area contributed by atoms with Gasteiger partial charge in [0.1, 0.15) is 11.6 Å². The molecule has 0 radical (unpaired) electrons. The summed E-state index contributed by atoms with van der Waals surface area (Å²) in [5.74, 6) is -2.30. The van der Waals surface area contributed by atoms with E-state index in [9.17, 15) is 13.6 Å². The summed E-state index contributed by atoms with van der Waals surface area (Å²) in [6.45, 7) is 1.80. The molecule has 0 heterocycles. The second-order valence-electron chi connectivity index (χ2n) is 6.17. The number of amides is 1. The Hall–Kier alpha value is -2.27. The fourth-order valence-electron chi connectivity index (χ4n) is 3.38. The van der Waals surface area contributed by atoms with E-state index in [0.717, 1.165) is 17.2 Å². The minimum atomic E-state index is -0.698. The number of carbonyl (C=O) groups is 1. The molecule has 0 saturated carbocycles. The van der Waals surface area contributed by atoms with Gasteiger partial charge in [0.05, 0.1) is 18.0 Å². The van der Waals surface area contributed by atoms with Gasteiger partial charge in [0, 0.05) is 11.6 Å². The largest absolute Gasteiger partial charge is 0.351 e. The molecule has 1 amide bonds. The molecule has 24 heavy (non-hydrogen) atoms. The fourth-order valence-corrected chi connectivity index (χ4v) is 3.38. The second kappa shape index (κ2) is 6.69. The summed E-state index contributed by atoms with van der Waals surface area (Å²) >= 11 is 0. The average molecular weight is 330 g/mol. The smallest absolute Gasteiger partial charge is 0.227 e. The Morgan fingerprint density at radius 2 is 2.04 bits per heavy atom. The van der Waals surface area contributed by atoms with Gasteiger partial charge in [0.15, 0.2) is 0 Å². The Kier molecular flexibility index (Phi) is 4.62.